The molecule has 9 nitrogen and oxygen atoms in total. The number of hydrogen-bond acceptors (Lipinski definition) is 6. The Bertz CT molecular complexity index is 891. The number of carbonyl (C=O) groups is 3. The van der Waals surface area contributed by atoms with Crippen molar-refractivity contribution in [2.24, 2.45) is 0 Å². The van der Waals surface area contributed by atoms with Crippen molar-refractivity contribution in [1.29, 1.82) is 0 Å². The Morgan fingerprint density at radius 2 is 1.73 bits per heavy atom. The van der Waals surface area contributed by atoms with Crippen molar-refractivity contribution in [1.82, 2.24) is 20.0 Å². The van der Waals surface area contributed by atoms with Crippen LogP contribution in [0.4, 0.5) is 4.79 Å². The van der Waals surface area contributed by atoms with E-state index >= 15 is 0 Å². The summed E-state index contributed by atoms with van der Waals surface area (Å²) < 4.78 is 10.7. The second-order valence-electron chi connectivity index (χ2n) is 9.13. The highest BCUT2D eigenvalue weighted by molar-refractivity contribution is 6.07. The Morgan fingerprint density at radius 3 is 2.39 bits per heavy atom. The van der Waals surface area contributed by atoms with Crippen LogP contribution in [-0.2, 0) is 16.1 Å². The molecular weight excluding hydrogens is 424 g/mol. The molecule has 0 radical (unpaired) electrons. The maximum Gasteiger partial charge on any atom is 0.325 e. The maximum atomic E-state index is 12.7. The summed E-state index contributed by atoms with van der Waals surface area (Å²) in [5.41, 5.74) is 0.465. The molecule has 1 aliphatic carbocycles. The molecule has 0 atom stereocenters. The van der Waals surface area contributed by atoms with E-state index in [2.05, 4.69) is 10.2 Å². The molecule has 0 bridgehead atoms. The molecule has 0 aromatic heterocycles. The largest absolute Gasteiger partial charge is 0.493 e. The van der Waals surface area contributed by atoms with Gasteiger partial charge in [0.05, 0.1) is 14.2 Å². The van der Waals surface area contributed by atoms with E-state index in [0.717, 1.165) is 50.9 Å². The van der Waals surface area contributed by atoms with Crippen molar-refractivity contribution in [3.05, 3.63) is 23.8 Å². The molecule has 2 heterocycles. The number of methoxy groups -OCH3 is 2. The van der Waals surface area contributed by atoms with Crippen LogP contribution in [0.5, 0.6) is 11.5 Å². The third-order valence-corrected chi connectivity index (χ3v) is 7.05. The van der Waals surface area contributed by atoms with Gasteiger partial charge in [-0.25, -0.2) is 4.79 Å². The van der Waals surface area contributed by atoms with Gasteiger partial charge in [-0.15, -0.1) is 0 Å². The summed E-state index contributed by atoms with van der Waals surface area (Å²) in [6, 6.07) is 5.62. The van der Waals surface area contributed by atoms with Crippen LogP contribution in [0.2, 0.25) is 0 Å². The van der Waals surface area contributed by atoms with Crippen molar-refractivity contribution < 1.29 is 23.9 Å². The van der Waals surface area contributed by atoms with Crippen LogP contribution < -0.4 is 14.8 Å². The number of rotatable bonds is 8. The number of hydrogen-bond donors (Lipinski definition) is 1. The van der Waals surface area contributed by atoms with Crippen molar-refractivity contribution in [2.75, 3.05) is 46.9 Å². The van der Waals surface area contributed by atoms with Crippen LogP contribution in [0, 0.1) is 0 Å². The quantitative estimate of drug-likeness (QED) is 0.599. The molecule has 2 saturated heterocycles. The number of ether oxygens (including phenoxy) is 2. The standard InChI is InChI=1S/C24H34N4O5/c1-32-19-8-7-18(16-20(19)33-2)17-26-12-14-27(15-13-26)21(29)6-5-11-28-22(30)24(25-23(28)31)9-3-4-10-24/h7-8,16H,3-6,9-15,17H2,1-2H3,(H,25,31). The smallest absolute Gasteiger partial charge is 0.325 e. The first-order valence-corrected chi connectivity index (χ1v) is 11.8. The van der Waals surface area contributed by atoms with Gasteiger partial charge in [0.2, 0.25) is 5.91 Å². The highest BCUT2D eigenvalue weighted by Crippen LogP contribution is 2.35. The summed E-state index contributed by atoms with van der Waals surface area (Å²) in [5, 5.41) is 2.89. The van der Waals surface area contributed by atoms with Gasteiger partial charge in [0, 0.05) is 45.7 Å². The highest BCUT2D eigenvalue weighted by atomic mass is 16.5. The van der Waals surface area contributed by atoms with E-state index in [0.29, 0.717) is 44.0 Å². The van der Waals surface area contributed by atoms with Crippen LogP contribution in [0.25, 0.3) is 0 Å². The van der Waals surface area contributed by atoms with Gasteiger partial charge in [-0.2, -0.15) is 0 Å². The molecule has 1 spiro atoms. The summed E-state index contributed by atoms with van der Waals surface area (Å²) in [6.07, 6.45) is 4.23. The van der Waals surface area contributed by atoms with Crippen molar-refractivity contribution in [3.8, 4) is 11.5 Å². The van der Waals surface area contributed by atoms with E-state index < -0.39 is 5.54 Å². The normalized spacial score (nSPS) is 20.4. The van der Waals surface area contributed by atoms with Crippen LogP contribution >= 0.6 is 0 Å². The Morgan fingerprint density at radius 1 is 1.03 bits per heavy atom. The zero-order valence-corrected chi connectivity index (χ0v) is 19.6. The van der Waals surface area contributed by atoms with Crippen LogP contribution in [-0.4, -0.2) is 85.0 Å². The number of amides is 4. The van der Waals surface area contributed by atoms with Gasteiger partial charge in [0.25, 0.3) is 5.91 Å². The molecule has 4 rings (SSSR count). The number of carbonyl (C=O) groups excluding carboxylic acids is 3. The van der Waals surface area contributed by atoms with Gasteiger partial charge in [-0.05, 0) is 37.0 Å². The molecule has 2 aliphatic heterocycles. The maximum absolute atomic E-state index is 12.7. The Hall–Kier alpha value is -2.81. The average molecular weight is 459 g/mol. The fourth-order valence-electron chi connectivity index (χ4n) is 5.14. The molecular formula is C24H34N4O5. The highest BCUT2D eigenvalue weighted by Gasteiger charge is 2.52. The number of imide groups is 1. The van der Waals surface area contributed by atoms with E-state index in [9.17, 15) is 14.4 Å². The predicted molar refractivity (Wildman–Crippen MR) is 122 cm³/mol. The molecule has 1 saturated carbocycles. The third kappa shape index (κ3) is 4.93. The first-order valence-electron chi connectivity index (χ1n) is 11.8. The van der Waals surface area contributed by atoms with Crippen LogP contribution in [0.3, 0.4) is 0 Å². The van der Waals surface area contributed by atoms with Crippen molar-refractivity contribution in [3.63, 3.8) is 0 Å². The lowest BCUT2D eigenvalue weighted by Crippen LogP contribution is -2.48. The van der Waals surface area contributed by atoms with E-state index in [1.54, 1.807) is 14.2 Å². The molecule has 1 aromatic carbocycles. The molecule has 4 amide bonds. The number of benzene rings is 1. The minimum absolute atomic E-state index is 0.0865. The molecule has 3 fully saturated rings. The number of urea groups is 1. The van der Waals surface area contributed by atoms with Gasteiger partial charge in [0.1, 0.15) is 5.54 Å². The molecule has 180 valence electrons. The number of piperazine rings is 1. The third-order valence-electron chi connectivity index (χ3n) is 7.05. The number of nitrogens with zero attached hydrogens (tertiary/aromatic N) is 3. The minimum Gasteiger partial charge on any atom is -0.493 e. The lowest BCUT2D eigenvalue weighted by Gasteiger charge is -2.35. The van der Waals surface area contributed by atoms with Crippen LogP contribution in [0.1, 0.15) is 44.1 Å². The summed E-state index contributed by atoms with van der Waals surface area (Å²) in [6.45, 7) is 4.05. The van der Waals surface area contributed by atoms with E-state index in [-0.39, 0.29) is 17.8 Å². The van der Waals surface area contributed by atoms with Gasteiger partial charge < -0.3 is 19.7 Å². The summed E-state index contributed by atoms with van der Waals surface area (Å²) >= 11 is 0. The van der Waals surface area contributed by atoms with Gasteiger partial charge in [-0.1, -0.05) is 18.9 Å². The zero-order valence-electron chi connectivity index (χ0n) is 19.6. The van der Waals surface area contributed by atoms with Crippen molar-refractivity contribution in [2.45, 2.75) is 50.6 Å². The molecule has 0 unspecified atom stereocenters. The molecule has 1 N–H and O–H groups in total. The summed E-state index contributed by atoms with van der Waals surface area (Å²) in [4.78, 5) is 43.2. The lowest BCUT2D eigenvalue weighted by molar-refractivity contribution is -0.134. The fourth-order valence-corrected chi connectivity index (χ4v) is 5.14. The first kappa shape index (κ1) is 23.4. The summed E-state index contributed by atoms with van der Waals surface area (Å²) in [7, 11) is 3.25. The lowest BCUT2D eigenvalue weighted by atomic mass is 9.98. The SMILES string of the molecule is COc1ccc(CN2CCN(C(=O)CCCN3C(=O)NC4(CCCC4)C3=O)CC2)cc1OC. The minimum atomic E-state index is -0.675. The van der Waals surface area contributed by atoms with E-state index in [4.69, 9.17) is 9.47 Å². The average Bonchev–Trinajstić information content (AvgIpc) is 3.39. The second kappa shape index (κ2) is 9.99. The fraction of sp³-hybridized carbons (Fsp3) is 0.625. The monoisotopic (exact) mass is 458 g/mol. The molecule has 3 aliphatic rings. The molecule has 33 heavy (non-hydrogen) atoms. The Balaban J connectivity index is 1.20. The van der Waals surface area contributed by atoms with Crippen molar-refractivity contribution >= 4 is 17.8 Å². The zero-order chi connectivity index (χ0) is 23.4. The first-order chi connectivity index (χ1) is 16.0. The molecule has 1 aromatic rings. The van der Waals surface area contributed by atoms with E-state index in [1.165, 1.54) is 4.90 Å². The Kier molecular flexibility index (Phi) is 7.07. The van der Waals surface area contributed by atoms with Gasteiger partial charge in [0.15, 0.2) is 11.5 Å². The van der Waals surface area contributed by atoms with Gasteiger partial charge >= 0.3 is 6.03 Å². The van der Waals surface area contributed by atoms with Crippen LogP contribution in [0.15, 0.2) is 18.2 Å². The number of nitrogens with one attached hydrogen (secondary N) is 1. The summed E-state index contributed by atoms with van der Waals surface area (Å²) in [5.74, 6) is 1.40. The predicted octanol–water partition coefficient (Wildman–Crippen LogP) is 1.99. The second-order valence-corrected chi connectivity index (χ2v) is 9.13. The van der Waals surface area contributed by atoms with Gasteiger partial charge in [-0.3, -0.25) is 19.4 Å². The topological polar surface area (TPSA) is 91.4 Å². The van der Waals surface area contributed by atoms with E-state index in [1.807, 2.05) is 23.1 Å². The Labute approximate surface area is 195 Å². The molecule has 9 heteroatoms.